The number of hydrogen-bond acceptors (Lipinski definition) is 8. The van der Waals surface area contributed by atoms with Crippen LogP contribution in [0.2, 0.25) is 0 Å². The van der Waals surface area contributed by atoms with Gasteiger partial charge in [0.2, 0.25) is 0 Å². The van der Waals surface area contributed by atoms with Crippen molar-refractivity contribution in [3.05, 3.63) is 39.1 Å². The van der Waals surface area contributed by atoms with Crippen molar-refractivity contribution in [2.45, 2.75) is 20.5 Å². The molecule has 0 atom stereocenters. The quantitative estimate of drug-likeness (QED) is 0.491. The lowest BCUT2D eigenvalue weighted by Crippen LogP contribution is -2.09. The van der Waals surface area contributed by atoms with Gasteiger partial charge >= 0.3 is 0 Å². The highest BCUT2D eigenvalue weighted by atomic mass is 32.1. The van der Waals surface area contributed by atoms with E-state index in [1.54, 1.807) is 19.9 Å². The van der Waals surface area contributed by atoms with Crippen LogP contribution in [0.25, 0.3) is 0 Å². The summed E-state index contributed by atoms with van der Waals surface area (Å²) in [7, 11) is 0. The largest absolute Gasteiger partial charge is 0.487 e. The molecule has 0 aliphatic carbocycles. The molecule has 0 amide bonds. The second-order valence-corrected chi connectivity index (χ2v) is 4.90. The van der Waals surface area contributed by atoms with Gasteiger partial charge in [-0.05, 0) is 25.5 Å². The Balaban J connectivity index is 2.18. The van der Waals surface area contributed by atoms with Crippen LogP contribution in [0.5, 0.6) is 5.75 Å². The fourth-order valence-corrected chi connectivity index (χ4v) is 2.16. The molecule has 0 aliphatic rings. The van der Waals surface area contributed by atoms with Crippen molar-refractivity contribution < 1.29 is 9.66 Å². The predicted octanol–water partition coefficient (Wildman–Crippen LogP) is 1.93. The normalized spacial score (nSPS) is 10.3. The van der Waals surface area contributed by atoms with Crippen molar-refractivity contribution in [1.82, 2.24) is 9.59 Å². The van der Waals surface area contributed by atoms with Crippen LogP contribution in [0.1, 0.15) is 16.8 Å². The molecule has 106 valence electrons. The molecule has 0 saturated carbocycles. The van der Waals surface area contributed by atoms with Crippen LogP contribution < -0.4 is 16.0 Å². The first kappa shape index (κ1) is 14.2. The zero-order valence-electron chi connectivity index (χ0n) is 10.9. The van der Waals surface area contributed by atoms with Crippen LogP contribution in [0.4, 0.5) is 10.7 Å². The Bertz CT molecular complexity index is 643. The van der Waals surface area contributed by atoms with E-state index in [-0.39, 0.29) is 12.3 Å². The van der Waals surface area contributed by atoms with Crippen molar-refractivity contribution in [2.24, 2.45) is 5.84 Å². The summed E-state index contributed by atoms with van der Waals surface area (Å²) in [5, 5.41) is 15.4. The van der Waals surface area contributed by atoms with E-state index < -0.39 is 4.92 Å². The minimum atomic E-state index is -0.410. The number of nitro groups is 1. The first-order valence-corrected chi connectivity index (χ1v) is 6.46. The van der Waals surface area contributed by atoms with Crippen LogP contribution in [0, 0.1) is 24.0 Å². The molecule has 0 bridgehead atoms. The van der Waals surface area contributed by atoms with Gasteiger partial charge in [-0.15, -0.1) is 5.10 Å². The Morgan fingerprint density at radius 1 is 1.45 bits per heavy atom. The molecule has 2 aromatic rings. The molecule has 3 N–H and O–H groups in total. The standard InChI is InChI=1S/C11H13N5O3S/c1-6-4-10(7(2)3-9(6)16(17)18)19-5-8-11(13-12)20-15-14-8/h3-4,13H,5,12H2,1-2H3. The Hall–Kier alpha value is -2.26. The SMILES string of the molecule is Cc1cc([N+](=O)[O-])c(C)cc1OCc1nnsc1NN. The molecule has 0 radical (unpaired) electrons. The van der Waals surface area contributed by atoms with Crippen LogP contribution in [0.15, 0.2) is 12.1 Å². The molecular weight excluding hydrogens is 282 g/mol. The van der Waals surface area contributed by atoms with Gasteiger partial charge in [0.1, 0.15) is 18.1 Å². The van der Waals surface area contributed by atoms with Gasteiger partial charge in [0.25, 0.3) is 5.69 Å². The molecule has 0 fully saturated rings. The van der Waals surface area contributed by atoms with Gasteiger partial charge in [-0.2, -0.15) is 0 Å². The van der Waals surface area contributed by atoms with Crippen LogP contribution >= 0.6 is 11.5 Å². The molecule has 0 spiro atoms. The molecule has 0 aliphatic heterocycles. The molecule has 20 heavy (non-hydrogen) atoms. The van der Waals surface area contributed by atoms with E-state index in [1.807, 2.05) is 0 Å². The molecule has 2 rings (SSSR count). The van der Waals surface area contributed by atoms with Gasteiger partial charge in [0.05, 0.1) is 4.92 Å². The van der Waals surface area contributed by atoms with E-state index in [2.05, 4.69) is 15.0 Å². The maximum Gasteiger partial charge on any atom is 0.272 e. The molecular formula is C11H13N5O3S. The molecule has 0 unspecified atom stereocenters. The van der Waals surface area contributed by atoms with Crippen molar-refractivity contribution in [3.8, 4) is 5.75 Å². The number of nitrogen functional groups attached to an aromatic ring is 1. The van der Waals surface area contributed by atoms with Crippen molar-refractivity contribution in [1.29, 1.82) is 0 Å². The number of nitrogens with one attached hydrogen (secondary N) is 1. The fourth-order valence-electron chi connectivity index (χ4n) is 1.69. The second kappa shape index (κ2) is 5.80. The number of nitrogens with zero attached hydrogens (tertiary/aromatic N) is 3. The third-order valence-electron chi connectivity index (χ3n) is 2.74. The first-order chi connectivity index (χ1) is 9.52. The Kier molecular flexibility index (Phi) is 4.11. The van der Waals surface area contributed by atoms with Crippen molar-refractivity contribution in [3.63, 3.8) is 0 Å². The van der Waals surface area contributed by atoms with E-state index in [0.29, 0.717) is 27.6 Å². The van der Waals surface area contributed by atoms with E-state index >= 15 is 0 Å². The smallest absolute Gasteiger partial charge is 0.272 e. The Labute approximate surface area is 118 Å². The number of hydrazine groups is 1. The number of aromatic nitrogens is 2. The average molecular weight is 295 g/mol. The molecule has 0 saturated heterocycles. The zero-order chi connectivity index (χ0) is 14.7. The number of nitrogens with two attached hydrogens (primary N) is 1. The summed E-state index contributed by atoms with van der Waals surface area (Å²) in [6.07, 6.45) is 0. The highest BCUT2D eigenvalue weighted by Crippen LogP contribution is 2.28. The first-order valence-electron chi connectivity index (χ1n) is 5.69. The monoisotopic (exact) mass is 295 g/mol. The summed E-state index contributed by atoms with van der Waals surface area (Å²) >= 11 is 1.13. The van der Waals surface area contributed by atoms with Gasteiger partial charge in [-0.1, -0.05) is 4.49 Å². The van der Waals surface area contributed by atoms with Crippen LogP contribution in [-0.2, 0) is 6.61 Å². The maximum absolute atomic E-state index is 10.8. The minimum Gasteiger partial charge on any atom is -0.487 e. The van der Waals surface area contributed by atoms with E-state index in [9.17, 15) is 10.1 Å². The Morgan fingerprint density at radius 3 is 2.85 bits per heavy atom. The van der Waals surface area contributed by atoms with Crippen LogP contribution in [0.3, 0.4) is 0 Å². The minimum absolute atomic E-state index is 0.0782. The van der Waals surface area contributed by atoms with Gasteiger partial charge in [-0.3, -0.25) is 10.1 Å². The number of rotatable bonds is 5. The van der Waals surface area contributed by atoms with E-state index in [0.717, 1.165) is 11.5 Å². The zero-order valence-corrected chi connectivity index (χ0v) is 11.7. The second-order valence-electron chi connectivity index (χ2n) is 4.14. The fraction of sp³-hybridized carbons (Fsp3) is 0.273. The summed E-state index contributed by atoms with van der Waals surface area (Å²) < 4.78 is 9.39. The summed E-state index contributed by atoms with van der Waals surface area (Å²) in [5.41, 5.74) is 4.39. The number of hydrogen-bond donors (Lipinski definition) is 2. The number of benzene rings is 1. The lowest BCUT2D eigenvalue weighted by atomic mass is 10.1. The highest BCUT2D eigenvalue weighted by molar-refractivity contribution is 7.10. The van der Waals surface area contributed by atoms with Crippen molar-refractivity contribution in [2.75, 3.05) is 5.43 Å². The lowest BCUT2D eigenvalue weighted by molar-refractivity contribution is -0.385. The van der Waals surface area contributed by atoms with Crippen LogP contribution in [-0.4, -0.2) is 14.5 Å². The summed E-state index contributed by atoms with van der Waals surface area (Å²) in [6.45, 7) is 3.61. The third-order valence-corrected chi connectivity index (χ3v) is 3.44. The number of aryl methyl sites for hydroxylation is 2. The predicted molar refractivity (Wildman–Crippen MR) is 74.6 cm³/mol. The maximum atomic E-state index is 10.8. The van der Waals surface area contributed by atoms with Gasteiger partial charge in [0.15, 0.2) is 5.00 Å². The molecule has 8 nitrogen and oxygen atoms in total. The average Bonchev–Trinajstić information content (AvgIpc) is 2.86. The summed E-state index contributed by atoms with van der Waals surface area (Å²) in [5.74, 6) is 5.89. The van der Waals surface area contributed by atoms with E-state index in [1.165, 1.54) is 6.07 Å². The van der Waals surface area contributed by atoms with Gasteiger partial charge < -0.3 is 10.2 Å². The molecule has 1 heterocycles. The summed E-state index contributed by atoms with van der Waals surface area (Å²) in [6, 6.07) is 3.13. The van der Waals surface area contributed by atoms with E-state index in [4.69, 9.17) is 10.6 Å². The number of nitro benzene ring substituents is 1. The lowest BCUT2D eigenvalue weighted by Gasteiger charge is -2.09. The summed E-state index contributed by atoms with van der Waals surface area (Å²) in [4.78, 5) is 10.4. The topological polar surface area (TPSA) is 116 Å². The molecule has 1 aromatic carbocycles. The van der Waals surface area contributed by atoms with Gasteiger partial charge in [0, 0.05) is 23.2 Å². The van der Waals surface area contributed by atoms with Gasteiger partial charge in [-0.25, -0.2) is 5.84 Å². The Morgan fingerprint density at radius 2 is 2.20 bits per heavy atom. The molecule has 1 aromatic heterocycles. The molecule has 9 heteroatoms. The third kappa shape index (κ3) is 2.83. The van der Waals surface area contributed by atoms with Crippen molar-refractivity contribution >= 4 is 22.2 Å². The number of anilines is 1. The highest BCUT2D eigenvalue weighted by Gasteiger charge is 2.15. The number of ether oxygens (including phenoxy) is 1.